The molecule has 2 aliphatic carbocycles. The summed E-state index contributed by atoms with van der Waals surface area (Å²) >= 11 is 0. The second-order valence-corrected chi connectivity index (χ2v) is 15.2. The third kappa shape index (κ3) is 6.74. The van der Waals surface area contributed by atoms with Crippen molar-refractivity contribution in [2.45, 2.75) is 12.3 Å². The Balaban J connectivity index is 0.912. The molecule has 0 heterocycles. The van der Waals surface area contributed by atoms with Crippen molar-refractivity contribution in [2.24, 2.45) is 17.6 Å². The topological polar surface area (TPSA) is 62.1 Å². The summed E-state index contributed by atoms with van der Waals surface area (Å²) < 4.78 is 0. The molecule has 8 aromatic carbocycles. The lowest BCUT2D eigenvalue weighted by atomic mass is 9.78. The SMILES string of the molecule is NC(NC(NCC1C=c2ccccc2=C2C=CC=CC21)c1ccccc1)c1ccc(Nc2ccccc2-c2cc3ccccc3c3ccc4ccccc4c23)cc1. The smallest absolute Gasteiger partial charge is 0.0850 e. The molecule has 8 aromatic rings. The molecule has 0 aromatic heterocycles. The molecule has 4 unspecified atom stereocenters. The molecule has 10 rings (SSSR count). The predicted octanol–water partition coefficient (Wildman–Crippen LogP) is 10.4. The standard InChI is InChI=1S/C53H44N4/c54-52(57-53(37-15-2-1-3-16-37)55-34-40-32-38-17-5-7-19-42(38)46-23-11-10-21-44(40)46)36-26-29-41(30-27-36)56-50-25-13-12-24-47(50)49-33-39-18-6-8-20-43(39)48-31-28-35-14-4-9-22-45(35)51(48)49/h1-33,40,44,52-53,55-57H,34,54H2. The molecule has 5 N–H and O–H groups in total. The Kier molecular flexibility index (Phi) is 9.29. The Morgan fingerprint density at radius 1 is 0.579 bits per heavy atom. The fourth-order valence-electron chi connectivity index (χ4n) is 8.92. The van der Waals surface area contributed by atoms with E-state index in [4.69, 9.17) is 5.73 Å². The van der Waals surface area contributed by atoms with Crippen molar-refractivity contribution in [1.29, 1.82) is 0 Å². The lowest BCUT2D eigenvalue weighted by molar-refractivity contribution is 0.366. The van der Waals surface area contributed by atoms with Crippen molar-refractivity contribution in [3.8, 4) is 11.1 Å². The summed E-state index contributed by atoms with van der Waals surface area (Å²) in [6, 6.07) is 60.6. The Hall–Kier alpha value is -6.56. The number of para-hydroxylation sites is 1. The zero-order chi connectivity index (χ0) is 38.1. The van der Waals surface area contributed by atoms with Crippen LogP contribution in [0.15, 0.2) is 194 Å². The van der Waals surface area contributed by atoms with Crippen molar-refractivity contribution in [3.63, 3.8) is 0 Å². The third-order valence-corrected chi connectivity index (χ3v) is 11.7. The normalized spacial score (nSPS) is 16.9. The minimum Gasteiger partial charge on any atom is -0.355 e. The maximum atomic E-state index is 6.95. The Morgan fingerprint density at radius 3 is 2.19 bits per heavy atom. The minimum absolute atomic E-state index is 0.143. The fourth-order valence-corrected chi connectivity index (χ4v) is 8.92. The van der Waals surface area contributed by atoms with Gasteiger partial charge in [-0.1, -0.05) is 176 Å². The highest BCUT2D eigenvalue weighted by Gasteiger charge is 2.26. The van der Waals surface area contributed by atoms with Crippen molar-refractivity contribution >= 4 is 55.3 Å². The van der Waals surface area contributed by atoms with Gasteiger partial charge in [-0.05, 0) is 89.3 Å². The van der Waals surface area contributed by atoms with Crippen LogP contribution in [-0.2, 0) is 0 Å². The summed E-state index contributed by atoms with van der Waals surface area (Å²) in [5.41, 5.74) is 14.9. The van der Waals surface area contributed by atoms with E-state index in [1.165, 1.54) is 53.9 Å². The summed E-state index contributed by atoms with van der Waals surface area (Å²) in [7, 11) is 0. The second kappa shape index (κ2) is 15.2. The van der Waals surface area contributed by atoms with Gasteiger partial charge in [-0.25, -0.2) is 0 Å². The van der Waals surface area contributed by atoms with E-state index in [1.54, 1.807) is 0 Å². The molecular formula is C53H44N4. The molecule has 2 aliphatic rings. The van der Waals surface area contributed by atoms with Crippen LogP contribution in [0.3, 0.4) is 0 Å². The Bertz CT molecular complexity index is 2950. The van der Waals surface area contributed by atoms with Crippen molar-refractivity contribution in [1.82, 2.24) is 10.6 Å². The number of rotatable bonds is 10. The van der Waals surface area contributed by atoms with Gasteiger partial charge in [0.15, 0.2) is 0 Å². The number of anilines is 2. The molecule has 0 saturated carbocycles. The van der Waals surface area contributed by atoms with E-state index in [0.29, 0.717) is 11.8 Å². The lowest BCUT2D eigenvalue weighted by Crippen LogP contribution is -2.44. The van der Waals surface area contributed by atoms with Crippen LogP contribution in [0.2, 0.25) is 0 Å². The molecule has 0 spiro atoms. The van der Waals surface area contributed by atoms with Gasteiger partial charge in [0, 0.05) is 35.3 Å². The average Bonchev–Trinajstić information content (AvgIpc) is 3.28. The summed E-state index contributed by atoms with van der Waals surface area (Å²) in [6.45, 7) is 0.796. The van der Waals surface area contributed by atoms with E-state index in [9.17, 15) is 0 Å². The van der Waals surface area contributed by atoms with Crippen LogP contribution in [0, 0.1) is 11.8 Å². The van der Waals surface area contributed by atoms with Crippen LogP contribution < -0.4 is 32.1 Å². The van der Waals surface area contributed by atoms with E-state index in [2.05, 4.69) is 216 Å². The zero-order valence-corrected chi connectivity index (χ0v) is 31.6. The molecule has 276 valence electrons. The molecule has 0 fully saturated rings. The molecule has 0 amide bonds. The van der Waals surface area contributed by atoms with Crippen molar-refractivity contribution in [2.75, 3.05) is 11.9 Å². The highest BCUT2D eigenvalue weighted by atomic mass is 15.2. The van der Waals surface area contributed by atoms with Gasteiger partial charge in [0.05, 0.1) is 12.3 Å². The molecule has 4 heteroatoms. The van der Waals surface area contributed by atoms with E-state index in [1.807, 2.05) is 0 Å². The van der Waals surface area contributed by atoms with E-state index < -0.39 is 6.17 Å². The van der Waals surface area contributed by atoms with E-state index >= 15 is 0 Å². The molecule has 0 bridgehead atoms. The van der Waals surface area contributed by atoms with Gasteiger partial charge in [-0.3, -0.25) is 10.6 Å². The number of fused-ring (bicyclic) bond motifs is 7. The molecule has 0 aliphatic heterocycles. The minimum atomic E-state index is -0.392. The highest BCUT2D eigenvalue weighted by molar-refractivity contribution is 6.23. The predicted molar refractivity (Wildman–Crippen MR) is 240 cm³/mol. The monoisotopic (exact) mass is 736 g/mol. The first-order valence-corrected chi connectivity index (χ1v) is 19.9. The summed E-state index contributed by atoms with van der Waals surface area (Å²) in [5.74, 6) is 0.631. The van der Waals surface area contributed by atoms with Gasteiger partial charge in [0.1, 0.15) is 0 Å². The lowest BCUT2D eigenvalue weighted by Gasteiger charge is -2.31. The van der Waals surface area contributed by atoms with Gasteiger partial charge in [-0.2, -0.15) is 0 Å². The van der Waals surface area contributed by atoms with Crippen LogP contribution in [0.4, 0.5) is 11.4 Å². The first kappa shape index (κ1) is 34.9. The average molecular weight is 737 g/mol. The highest BCUT2D eigenvalue weighted by Crippen LogP contribution is 2.42. The molecule has 4 nitrogen and oxygen atoms in total. The van der Waals surface area contributed by atoms with Gasteiger partial charge in [-0.15, -0.1) is 0 Å². The van der Waals surface area contributed by atoms with Gasteiger partial charge in [0.2, 0.25) is 0 Å². The number of hydrogen-bond acceptors (Lipinski definition) is 4. The van der Waals surface area contributed by atoms with Gasteiger partial charge < -0.3 is 11.1 Å². The first-order chi connectivity index (χ1) is 28.2. The van der Waals surface area contributed by atoms with Crippen LogP contribution in [0.5, 0.6) is 0 Å². The Morgan fingerprint density at radius 2 is 1.32 bits per heavy atom. The summed E-state index contributed by atoms with van der Waals surface area (Å²) in [4.78, 5) is 0. The van der Waals surface area contributed by atoms with Crippen molar-refractivity contribution in [3.05, 3.63) is 216 Å². The van der Waals surface area contributed by atoms with Crippen LogP contribution in [-0.4, -0.2) is 6.54 Å². The number of nitrogens with two attached hydrogens (primary N) is 1. The first-order valence-electron chi connectivity index (χ1n) is 19.9. The van der Waals surface area contributed by atoms with Crippen LogP contribution in [0.25, 0.3) is 55.1 Å². The molecule has 57 heavy (non-hydrogen) atoms. The summed E-state index contributed by atoms with van der Waals surface area (Å²) in [5, 5.41) is 21.5. The van der Waals surface area contributed by atoms with E-state index in [-0.39, 0.29) is 6.17 Å². The number of benzene rings is 8. The quantitative estimate of drug-likeness (QED) is 0.0834. The maximum Gasteiger partial charge on any atom is 0.0850 e. The summed E-state index contributed by atoms with van der Waals surface area (Å²) in [6.07, 6.45) is 10.8. The van der Waals surface area contributed by atoms with Gasteiger partial charge >= 0.3 is 0 Å². The number of nitrogens with one attached hydrogen (secondary N) is 3. The largest absolute Gasteiger partial charge is 0.355 e. The molecule has 0 saturated heterocycles. The van der Waals surface area contributed by atoms with Crippen LogP contribution >= 0.6 is 0 Å². The van der Waals surface area contributed by atoms with Gasteiger partial charge in [0.25, 0.3) is 0 Å². The fraction of sp³-hybridized carbons (Fsp3) is 0.0943. The number of allylic oxidation sites excluding steroid dienone is 4. The van der Waals surface area contributed by atoms with E-state index in [0.717, 1.165) is 34.6 Å². The van der Waals surface area contributed by atoms with Crippen LogP contribution in [0.1, 0.15) is 23.5 Å². The number of hydrogen-bond donors (Lipinski definition) is 4. The maximum absolute atomic E-state index is 6.95. The second-order valence-electron chi connectivity index (χ2n) is 15.2. The molecule has 4 atom stereocenters. The zero-order valence-electron chi connectivity index (χ0n) is 31.6. The Labute approximate surface area is 333 Å². The van der Waals surface area contributed by atoms with Crippen molar-refractivity contribution < 1.29 is 0 Å². The third-order valence-electron chi connectivity index (χ3n) is 11.7. The molecule has 0 radical (unpaired) electrons. The molecular weight excluding hydrogens is 693 g/mol.